The van der Waals surface area contributed by atoms with Crippen LogP contribution in [0.3, 0.4) is 0 Å². The molecule has 7 nitrogen and oxygen atoms in total. The Hall–Kier alpha value is -1.44. The SMILES string of the molecule is CC(=O)N[C@@H](CS(=O)CCC(=O)N(C)C)C(=O)O. The summed E-state index contributed by atoms with van der Waals surface area (Å²) in [6.07, 6.45) is 0.0893. The van der Waals surface area contributed by atoms with Crippen LogP contribution in [0.2, 0.25) is 0 Å². The Kier molecular flexibility index (Phi) is 7.18. The van der Waals surface area contributed by atoms with E-state index in [2.05, 4.69) is 5.32 Å². The highest BCUT2D eigenvalue weighted by Gasteiger charge is 2.21. The molecule has 0 aromatic rings. The molecule has 0 aliphatic heterocycles. The van der Waals surface area contributed by atoms with Crippen molar-refractivity contribution in [1.82, 2.24) is 10.2 Å². The molecule has 18 heavy (non-hydrogen) atoms. The highest BCUT2D eigenvalue weighted by atomic mass is 32.2. The van der Waals surface area contributed by atoms with Crippen LogP contribution in [0.1, 0.15) is 13.3 Å². The van der Waals surface area contributed by atoms with E-state index >= 15 is 0 Å². The predicted octanol–water partition coefficient (Wildman–Crippen LogP) is -1.20. The molecule has 0 saturated heterocycles. The third-order valence-corrected chi connectivity index (χ3v) is 3.44. The molecule has 2 N–H and O–H groups in total. The van der Waals surface area contributed by atoms with Gasteiger partial charge < -0.3 is 15.3 Å². The van der Waals surface area contributed by atoms with Gasteiger partial charge in [-0.2, -0.15) is 0 Å². The second-order valence-corrected chi connectivity index (χ2v) is 5.56. The number of aliphatic carboxylic acids is 1. The lowest BCUT2D eigenvalue weighted by Gasteiger charge is -2.13. The molecule has 0 bridgehead atoms. The molecule has 0 saturated carbocycles. The summed E-state index contributed by atoms with van der Waals surface area (Å²) in [5, 5.41) is 11.0. The molecular weight excluding hydrogens is 260 g/mol. The zero-order valence-corrected chi connectivity index (χ0v) is 11.5. The summed E-state index contributed by atoms with van der Waals surface area (Å²) >= 11 is 0. The molecule has 2 atom stereocenters. The van der Waals surface area contributed by atoms with Crippen LogP contribution in [-0.4, -0.2) is 63.6 Å². The van der Waals surface area contributed by atoms with Crippen LogP contribution in [0.4, 0.5) is 0 Å². The van der Waals surface area contributed by atoms with E-state index in [1.54, 1.807) is 14.1 Å². The van der Waals surface area contributed by atoms with Crippen molar-refractivity contribution in [2.75, 3.05) is 25.6 Å². The van der Waals surface area contributed by atoms with E-state index in [1.807, 2.05) is 0 Å². The lowest BCUT2D eigenvalue weighted by Crippen LogP contribution is -2.43. The van der Waals surface area contributed by atoms with Crippen LogP contribution in [0.25, 0.3) is 0 Å². The number of nitrogens with one attached hydrogen (secondary N) is 1. The number of carbonyl (C=O) groups excluding carboxylic acids is 2. The summed E-state index contributed by atoms with van der Waals surface area (Å²) in [6.45, 7) is 1.19. The number of rotatable bonds is 7. The normalized spacial score (nSPS) is 13.5. The van der Waals surface area contributed by atoms with Gasteiger partial charge in [0, 0.05) is 44.0 Å². The van der Waals surface area contributed by atoms with E-state index < -0.39 is 28.7 Å². The molecule has 0 aromatic heterocycles. The summed E-state index contributed by atoms with van der Waals surface area (Å²) in [5.41, 5.74) is 0. The van der Waals surface area contributed by atoms with Gasteiger partial charge in [0.25, 0.3) is 0 Å². The molecule has 0 aliphatic carbocycles. The van der Waals surface area contributed by atoms with Crippen molar-refractivity contribution >= 4 is 28.6 Å². The molecule has 8 heteroatoms. The third-order valence-electron chi connectivity index (χ3n) is 2.07. The monoisotopic (exact) mass is 278 g/mol. The third kappa shape index (κ3) is 7.00. The molecule has 104 valence electrons. The summed E-state index contributed by atoms with van der Waals surface area (Å²) in [6, 6.07) is -1.18. The highest BCUT2D eigenvalue weighted by Crippen LogP contribution is 1.96. The molecule has 0 aliphatic rings. The van der Waals surface area contributed by atoms with Gasteiger partial charge in [-0.25, -0.2) is 4.79 Å². The number of amides is 2. The Bertz CT molecular complexity index is 356. The fourth-order valence-corrected chi connectivity index (χ4v) is 2.28. The first-order chi connectivity index (χ1) is 8.23. The maximum Gasteiger partial charge on any atom is 0.327 e. The minimum atomic E-state index is -1.47. The van der Waals surface area contributed by atoms with Crippen molar-refractivity contribution < 1.29 is 23.7 Å². The van der Waals surface area contributed by atoms with E-state index in [4.69, 9.17) is 5.11 Å². The van der Waals surface area contributed by atoms with Crippen molar-refractivity contribution in [1.29, 1.82) is 0 Å². The number of nitrogens with zero attached hydrogens (tertiary/aromatic N) is 1. The fraction of sp³-hybridized carbons (Fsp3) is 0.700. The predicted molar refractivity (Wildman–Crippen MR) is 66.4 cm³/mol. The smallest absolute Gasteiger partial charge is 0.327 e. The van der Waals surface area contributed by atoms with Crippen LogP contribution in [0.15, 0.2) is 0 Å². The summed E-state index contributed by atoms with van der Waals surface area (Å²) in [4.78, 5) is 34.2. The van der Waals surface area contributed by atoms with Gasteiger partial charge in [0.2, 0.25) is 11.8 Å². The largest absolute Gasteiger partial charge is 0.480 e. The topological polar surface area (TPSA) is 104 Å². The minimum Gasteiger partial charge on any atom is -0.480 e. The minimum absolute atomic E-state index is 0.0837. The van der Waals surface area contributed by atoms with Crippen molar-refractivity contribution in [3.63, 3.8) is 0 Å². The standard InChI is InChI=1S/C10H18N2O5S/c1-7(13)11-8(10(15)16)6-18(17)5-4-9(14)12(2)3/h8H,4-6H2,1-3H3,(H,11,13)(H,15,16)/t8-,18?/m0/s1. The van der Waals surface area contributed by atoms with Gasteiger partial charge in [0.15, 0.2) is 0 Å². The second kappa shape index (κ2) is 7.80. The van der Waals surface area contributed by atoms with Gasteiger partial charge in [-0.05, 0) is 0 Å². The zero-order valence-electron chi connectivity index (χ0n) is 10.6. The van der Waals surface area contributed by atoms with Gasteiger partial charge in [0.05, 0.1) is 5.75 Å². The lowest BCUT2D eigenvalue weighted by atomic mass is 10.3. The molecule has 0 radical (unpaired) electrons. The van der Waals surface area contributed by atoms with Gasteiger partial charge in [0.1, 0.15) is 6.04 Å². The van der Waals surface area contributed by atoms with Crippen LogP contribution in [0.5, 0.6) is 0 Å². The summed E-state index contributed by atoms with van der Waals surface area (Å²) < 4.78 is 11.6. The molecule has 2 amide bonds. The summed E-state index contributed by atoms with van der Waals surface area (Å²) in [5.74, 6) is -2.02. The number of hydrogen-bond donors (Lipinski definition) is 2. The molecule has 1 unspecified atom stereocenters. The van der Waals surface area contributed by atoms with E-state index in [9.17, 15) is 18.6 Å². The average molecular weight is 278 g/mol. The highest BCUT2D eigenvalue weighted by molar-refractivity contribution is 7.85. The van der Waals surface area contributed by atoms with Crippen molar-refractivity contribution in [2.24, 2.45) is 0 Å². The Labute approximate surface area is 108 Å². The van der Waals surface area contributed by atoms with Gasteiger partial charge in [-0.3, -0.25) is 13.8 Å². The molecular formula is C10H18N2O5S. The number of carbonyl (C=O) groups is 3. The second-order valence-electron chi connectivity index (χ2n) is 3.94. The molecule has 0 spiro atoms. The van der Waals surface area contributed by atoms with Crippen molar-refractivity contribution in [3.05, 3.63) is 0 Å². The average Bonchev–Trinajstić information content (AvgIpc) is 2.23. The zero-order chi connectivity index (χ0) is 14.3. The molecule has 0 fully saturated rings. The van der Waals surface area contributed by atoms with Gasteiger partial charge in [-0.15, -0.1) is 0 Å². The molecule has 0 heterocycles. The quantitative estimate of drug-likeness (QED) is 0.609. The maximum absolute atomic E-state index is 11.6. The van der Waals surface area contributed by atoms with Crippen molar-refractivity contribution in [3.8, 4) is 0 Å². The number of hydrogen-bond acceptors (Lipinski definition) is 4. The Morgan fingerprint density at radius 1 is 1.33 bits per heavy atom. The molecule has 0 aromatic carbocycles. The number of carboxylic acids is 1. The first-order valence-corrected chi connectivity index (χ1v) is 6.78. The number of carboxylic acid groups (broad SMARTS) is 1. The van der Waals surface area contributed by atoms with Crippen LogP contribution < -0.4 is 5.32 Å². The Morgan fingerprint density at radius 2 is 1.89 bits per heavy atom. The van der Waals surface area contributed by atoms with Gasteiger partial charge in [-0.1, -0.05) is 0 Å². The van der Waals surface area contributed by atoms with Crippen molar-refractivity contribution in [2.45, 2.75) is 19.4 Å². The van der Waals surface area contributed by atoms with E-state index in [-0.39, 0.29) is 23.8 Å². The molecule has 0 rings (SSSR count). The first kappa shape index (κ1) is 16.6. The first-order valence-electron chi connectivity index (χ1n) is 5.29. The maximum atomic E-state index is 11.6. The van der Waals surface area contributed by atoms with Crippen LogP contribution >= 0.6 is 0 Å². The van der Waals surface area contributed by atoms with Crippen LogP contribution in [-0.2, 0) is 25.2 Å². The van der Waals surface area contributed by atoms with E-state index in [1.165, 1.54) is 11.8 Å². The lowest BCUT2D eigenvalue weighted by molar-refractivity contribution is -0.140. The summed E-state index contributed by atoms with van der Waals surface area (Å²) in [7, 11) is 1.70. The van der Waals surface area contributed by atoms with Gasteiger partial charge >= 0.3 is 5.97 Å². The fourth-order valence-electron chi connectivity index (χ4n) is 1.11. The van der Waals surface area contributed by atoms with Crippen LogP contribution in [0, 0.1) is 0 Å². The Balaban J connectivity index is 4.22. The van der Waals surface area contributed by atoms with E-state index in [0.717, 1.165) is 0 Å². The van der Waals surface area contributed by atoms with E-state index in [0.29, 0.717) is 0 Å². The Morgan fingerprint density at radius 3 is 2.28 bits per heavy atom.